The molecule has 0 aromatic heterocycles. The van der Waals surface area contributed by atoms with E-state index in [1.807, 2.05) is 61.0 Å². The summed E-state index contributed by atoms with van der Waals surface area (Å²) in [4.78, 5) is 9.59. The number of benzene rings is 8. The van der Waals surface area contributed by atoms with Crippen LogP contribution >= 0.6 is 0 Å². The third-order valence-electron chi connectivity index (χ3n) is 8.98. The number of aliphatic imine (C=N–C) groups is 2. The number of ether oxygens (including phenoxy) is 3. The van der Waals surface area contributed by atoms with Crippen molar-refractivity contribution < 1.29 is 14.2 Å². The zero-order valence-corrected chi connectivity index (χ0v) is 28.1. The van der Waals surface area contributed by atoms with Crippen LogP contribution in [0.15, 0.2) is 168 Å². The molecule has 8 aromatic carbocycles. The van der Waals surface area contributed by atoms with E-state index in [2.05, 4.69) is 109 Å². The van der Waals surface area contributed by atoms with Gasteiger partial charge in [-0.1, -0.05) is 97.1 Å². The van der Waals surface area contributed by atoms with Crippen molar-refractivity contribution in [3.05, 3.63) is 169 Å². The van der Waals surface area contributed by atoms with Crippen LogP contribution < -0.4 is 9.47 Å². The monoisotopic (exact) mass is 664 g/mol. The molecule has 8 rings (SSSR count). The first-order chi connectivity index (χ1) is 25.3. The molecule has 0 unspecified atom stereocenters. The van der Waals surface area contributed by atoms with Gasteiger partial charge in [-0.3, -0.25) is 9.98 Å². The Morgan fingerprint density at radius 3 is 1.06 bits per heavy atom. The average molecular weight is 665 g/mol. The summed E-state index contributed by atoms with van der Waals surface area (Å²) >= 11 is 0. The zero-order chi connectivity index (χ0) is 34.2. The fraction of sp³-hybridized carbons (Fsp3) is 0.0870. The largest absolute Gasteiger partial charge is 0.491 e. The number of hydrogen-bond donors (Lipinski definition) is 0. The van der Waals surface area contributed by atoms with E-state index in [4.69, 9.17) is 24.2 Å². The number of fused-ring (bicyclic) bond motifs is 4. The highest BCUT2D eigenvalue weighted by Gasteiger charge is 2.07. The van der Waals surface area contributed by atoms with Gasteiger partial charge in [0.1, 0.15) is 24.7 Å². The Morgan fingerprint density at radius 1 is 0.373 bits per heavy atom. The van der Waals surface area contributed by atoms with Crippen molar-refractivity contribution in [1.82, 2.24) is 0 Å². The molecule has 5 nitrogen and oxygen atoms in total. The Hall–Kier alpha value is -6.30. The maximum Gasteiger partial charge on any atom is 0.119 e. The molecule has 0 aliphatic carbocycles. The second-order valence-corrected chi connectivity index (χ2v) is 12.3. The maximum atomic E-state index is 5.89. The molecule has 0 atom stereocenters. The third kappa shape index (κ3) is 7.35. The van der Waals surface area contributed by atoms with Crippen molar-refractivity contribution in [2.24, 2.45) is 9.98 Å². The molecule has 0 radical (unpaired) electrons. The van der Waals surface area contributed by atoms with Crippen molar-refractivity contribution in [2.75, 3.05) is 26.4 Å². The first-order valence-electron chi connectivity index (χ1n) is 17.2. The van der Waals surface area contributed by atoms with Gasteiger partial charge in [0.2, 0.25) is 0 Å². The van der Waals surface area contributed by atoms with Crippen LogP contribution in [0.3, 0.4) is 0 Å². The van der Waals surface area contributed by atoms with E-state index in [9.17, 15) is 0 Å². The lowest BCUT2D eigenvalue weighted by atomic mass is 9.97. The van der Waals surface area contributed by atoms with Gasteiger partial charge < -0.3 is 14.2 Å². The Labute approximate surface area is 297 Å². The van der Waals surface area contributed by atoms with Crippen LogP contribution in [0.5, 0.6) is 11.5 Å². The standard InChI is InChI=1S/C46H36N2O3/c1-5-13-41-33(9-1)29-34-10-2-6-14-42(34)45(41)31-47-37-17-21-39(22-18-37)50-27-25-49-26-28-51-40-23-19-38(20-24-40)48-32-46-43-15-7-3-11-35(43)30-36-12-4-8-16-44(36)46/h1-24,29-32H,25-28H2. The Kier molecular flexibility index (Phi) is 9.44. The molecule has 5 heteroatoms. The first-order valence-corrected chi connectivity index (χ1v) is 17.2. The van der Waals surface area contributed by atoms with Gasteiger partial charge in [-0.05, 0) is 104 Å². The van der Waals surface area contributed by atoms with Gasteiger partial charge in [0.15, 0.2) is 0 Å². The molecule has 0 bridgehead atoms. The molecule has 248 valence electrons. The summed E-state index contributed by atoms with van der Waals surface area (Å²) < 4.78 is 17.5. The SMILES string of the molecule is C(=Nc1ccc(OCCOCCOc2ccc(N=Cc3c4ccccc4cc4ccccc34)cc2)cc1)c1c2ccccc2cc2ccccc12. The lowest BCUT2D eigenvalue weighted by Gasteiger charge is -2.09. The minimum absolute atomic E-state index is 0.448. The molecule has 8 aromatic rings. The van der Waals surface area contributed by atoms with Crippen LogP contribution in [0.2, 0.25) is 0 Å². The number of rotatable bonds is 12. The van der Waals surface area contributed by atoms with Gasteiger partial charge in [-0.2, -0.15) is 0 Å². The fourth-order valence-electron chi connectivity index (χ4n) is 6.45. The molecule has 51 heavy (non-hydrogen) atoms. The Morgan fingerprint density at radius 2 is 0.706 bits per heavy atom. The molecule has 0 aliphatic heterocycles. The predicted octanol–water partition coefficient (Wildman–Crippen LogP) is 11.3. The van der Waals surface area contributed by atoms with Crippen molar-refractivity contribution >= 4 is 66.9 Å². The van der Waals surface area contributed by atoms with Crippen LogP contribution in [0.4, 0.5) is 11.4 Å². The molecule has 0 saturated heterocycles. The summed E-state index contributed by atoms with van der Waals surface area (Å²) in [7, 11) is 0. The predicted molar refractivity (Wildman–Crippen MR) is 212 cm³/mol. The second kappa shape index (κ2) is 15.1. The smallest absolute Gasteiger partial charge is 0.119 e. The van der Waals surface area contributed by atoms with Gasteiger partial charge in [0, 0.05) is 23.6 Å². The van der Waals surface area contributed by atoms with Crippen molar-refractivity contribution in [2.45, 2.75) is 0 Å². The van der Waals surface area contributed by atoms with Gasteiger partial charge in [0.05, 0.1) is 24.6 Å². The van der Waals surface area contributed by atoms with E-state index in [1.54, 1.807) is 0 Å². The van der Waals surface area contributed by atoms with Crippen LogP contribution in [0.25, 0.3) is 43.1 Å². The Balaban J connectivity index is 0.792. The quantitative estimate of drug-likeness (QED) is 0.0742. The normalized spacial score (nSPS) is 11.8. The zero-order valence-electron chi connectivity index (χ0n) is 28.1. The third-order valence-corrected chi connectivity index (χ3v) is 8.98. The van der Waals surface area contributed by atoms with Crippen molar-refractivity contribution in [3.63, 3.8) is 0 Å². The lowest BCUT2D eigenvalue weighted by molar-refractivity contribution is 0.0764. The van der Waals surface area contributed by atoms with E-state index in [1.165, 1.54) is 43.1 Å². The highest BCUT2D eigenvalue weighted by molar-refractivity contribution is 6.14. The van der Waals surface area contributed by atoms with Gasteiger partial charge in [-0.25, -0.2) is 0 Å². The molecule has 0 spiro atoms. The molecule has 0 heterocycles. The minimum Gasteiger partial charge on any atom is -0.491 e. The van der Waals surface area contributed by atoms with Gasteiger partial charge in [0.25, 0.3) is 0 Å². The molecule has 0 fully saturated rings. The van der Waals surface area contributed by atoms with E-state index in [0.717, 1.165) is 34.0 Å². The number of hydrogen-bond acceptors (Lipinski definition) is 5. The summed E-state index contributed by atoms with van der Waals surface area (Å²) in [6.07, 6.45) is 3.93. The van der Waals surface area contributed by atoms with E-state index in [0.29, 0.717) is 26.4 Å². The van der Waals surface area contributed by atoms with E-state index >= 15 is 0 Å². The van der Waals surface area contributed by atoms with E-state index < -0.39 is 0 Å². The van der Waals surface area contributed by atoms with Crippen molar-refractivity contribution in [1.29, 1.82) is 0 Å². The van der Waals surface area contributed by atoms with Crippen LogP contribution in [-0.4, -0.2) is 38.9 Å². The Bertz CT molecular complexity index is 2220. The summed E-state index contributed by atoms with van der Waals surface area (Å²) in [5.41, 5.74) is 3.98. The lowest BCUT2D eigenvalue weighted by Crippen LogP contribution is -2.12. The topological polar surface area (TPSA) is 52.4 Å². The molecular weight excluding hydrogens is 629 g/mol. The summed E-state index contributed by atoms with van der Waals surface area (Å²) in [6.45, 7) is 1.83. The molecule has 0 aliphatic rings. The van der Waals surface area contributed by atoms with E-state index in [-0.39, 0.29) is 0 Å². The molecular formula is C46H36N2O3. The fourth-order valence-corrected chi connectivity index (χ4v) is 6.45. The first kappa shape index (κ1) is 31.9. The summed E-state index contributed by atoms with van der Waals surface area (Å²) in [5, 5.41) is 9.58. The van der Waals surface area contributed by atoms with Crippen molar-refractivity contribution in [3.8, 4) is 11.5 Å². The van der Waals surface area contributed by atoms with Gasteiger partial charge >= 0.3 is 0 Å². The highest BCUT2D eigenvalue weighted by Crippen LogP contribution is 2.30. The van der Waals surface area contributed by atoms with Crippen LogP contribution in [0, 0.1) is 0 Å². The molecule has 0 saturated carbocycles. The average Bonchev–Trinajstić information content (AvgIpc) is 3.18. The van der Waals surface area contributed by atoms with Gasteiger partial charge in [-0.15, -0.1) is 0 Å². The maximum absolute atomic E-state index is 5.89. The minimum atomic E-state index is 0.448. The van der Waals surface area contributed by atoms with Crippen LogP contribution in [0.1, 0.15) is 11.1 Å². The highest BCUT2D eigenvalue weighted by atomic mass is 16.5. The molecule has 0 amide bonds. The second-order valence-electron chi connectivity index (χ2n) is 12.3. The number of nitrogens with zero attached hydrogens (tertiary/aromatic N) is 2. The summed E-state index contributed by atoms with van der Waals surface area (Å²) in [5.74, 6) is 1.56. The van der Waals surface area contributed by atoms with Crippen LogP contribution in [-0.2, 0) is 4.74 Å². The summed E-state index contributed by atoms with van der Waals surface area (Å²) in [6, 6.07) is 53.8. The molecule has 0 N–H and O–H groups in total.